The fraction of sp³-hybridized carbons (Fsp3) is 0.243. The summed E-state index contributed by atoms with van der Waals surface area (Å²) in [5, 5.41) is 14.1. The molecule has 1 N–H and O–H groups in total. The van der Waals surface area contributed by atoms with E-state index in [1.54, 1.807) is 15.9 Å². The second kappa shape index (κ2) is 11.9. The minimum atomic E-state index is -0.634. The van der Waals surface area contributed by atoms with Gasteiger partial charge in [0, 0.05) is 22.0 Å². The van der Waals surface area contributed by atoms with Crippen LogP contribution in [0.4, 0.5) is 5.69 Å². The van der Waals surface area contributed by atoms with Gasteiger partial charge in [0.25, 0.3) is 11.5 Å². The number of carbonyl (C=O) groups excluding carboxylic acids is 1. The monoisotopic (exact) mass is 643 g/mol. The first-order valence-corrected chi connectivity index (χ1v) is 17.1. The van der Waals surface area contributed by atoms with Gasteiger partial charge in [0.05, 0.1) is 27.4 Å². The fourth-order valence-corrected chi connectivity index (χ4v) is 9.10. The van der Waals surface area contributed by atoms with Crippen LogP contribution in [0.2, 0.25) is 0 Å². The van der Waals surface area contributed by atoms with Crippen molar-refractivity contribution in [3.8, 4) is 11.1 Å². The molecule has 5 aromatic rings. The molecule has 4 heterocycles. The summed E-state index contributed by atoms with van der Waals surface area (Å²) in [6.07, 6.45) is 6.18. The number of rotatable bonds is 5. The minimum Gasteiger partial charge on any atom is -0.322 e. The van der Waals surface area contributed by atoms with E-state index in [1.165, 1.54) is 21.8 Å². The second-order valence-electron chi connectivity index (χ2n) is 12.0. The minimum absolute atomic E-state index is 0.194. The zero-order chi connectivity index (χ0) is 32.1. The zero-order valence-electron chi connectivity index (χ0n) is 26.2. The Morgan fingerprint density at radius 2 is 1.76 bits per heavy atom. The molecule has 0 saturated carbocycles. The summed E-state index contributed by atoms with van der Waals surface area (Å²) in [6, 6.07) is 21.2. The number of hydrogen-bond donors (Lipinski definition) is 1. The largest absolute Gasteiger partial charge is 0.322 e. The molecule has 0 bridgehead atoms. The molecule has 0 saturated heterocycles. The molecule has 7 rings (SSSR count). The topological polar surface area (TPSA) is 92.2 Å². The lowest BCUT2D eigenvalue weighted by Gasteiger charge is -2.25. The van der Waals surface area contributed by atoms with E-state index in [0.29, 0.717) is 26.3 Å². The van der Waals surface area contributed by atoms with Gasteiger partial charge >= 0.3 is 0 Å². The van der Waals surface area contributed by atoms with Gasteiger partial charge in [-0.3, -0.25) is 14.2 Å². The molecule has 1 aliphatic carbocycles. The van der Waals surface area contributed by atoms with Gasteiger partial charge < -0.3 is 9.88 Å². The molecule has 7 nitrogen and oxygen atoms in total. The number of hydrogen-bond acceptors (Lipinski definition) is 6. The molecule has 2 aromatic carbocycles. The van der Waals surface area contributed by atoms with Crippen LogP contribution in [-0.4, -0.2) is 15.0 Å². The molecule has 1 aliphatic heterocycles. The van der Waals surface area contributed by atoms with Crippen LogP contribution in [0.5, 0.6) is 0 Å². The van der Waals surface area contributed by atoms with Crippen molar-refractivity contribution in [1.82, 2.24) is 9.13 Å². The highest BCUT2D eigenvalue weighted by Gasteiger charge is 2.32. The Balaban J connectivity index is 1.35. The number of thiophene rings is 1. The molecule has 0 unspecified atom stereocenters. The number of benzene rings is 2. The van der Waals surface area contributed by atoms with Gasteiger partial charge in [0.2, 0.25) is 0 Å². The number of para-hydroxylation sites is 1. The average molecular weight is 644 g/mol. The van der Waals surface area contributed by atoms with Crippen molar-refractivity contribution >= 4 is 40.3 Å². The Labute approximate surface area is 275 Å². The third-order valence-electron chi connectivity index (χ3n) is 8.92. The standard InChI is InChI=1S/C37H33N5O2S2/c1-21-14-16-25(17-15-21)33-32(34(43)40-27-10-6-5-7-11-27)23(3)39-37-42(33)35(44)31(46-37)19-26-18-22(2)41(24(26)4)36-29(20-38)28-12-8-9-13-30(28)45-36/h5-7,10-11,14-19,33H,8-9,12-13H2,1-4H3,(H,40,43)/b31-19+/t33-/m0/s1. The number of thiazole rings is 1. The predicted molar refractivity (Wildman–Crippen MR) is 184 cm³/mol. The van der Waals surface area contributed by atoms with Gasteiger partial charge in [-0.15, -0.1) is 11.3 Å². The number of aryl methyl sites for hydroxylation is 3. The maximum atomic E-state index is 14.3. The number of aromatic nitrogens is 2. The van der Waals surface area contributed by atoms with Crippen LogP contribution in [-0.2, 0) is 17.6 Å². The Hall–Kier alpha value is -4.78. The smallest absolute Gasteiger partial charge is 0.271 e. The summed E-state index contributed by atoms with van der Waals surface area (Å²) < 4.78 is 4.36. The van der Waals surface area contributed by atoms with Crippen molar-refractivity contribution in [2.24, 2.45) is 4.99 Å². The molecular weight excluding hydrogens is 611 g/mol. The first-order chi connectivity index (χ1) is 22.2. The number of nitrogens with zero attached hydrogens (tertiary/aromatic N) is 4. The van der Waals surface area contributed by atoms with E-state index in [2.05, 4.69) is 22.0 Å². The maximum Gasteiger partial charge on any atom is 0.271 e. The molecular formula is C37H33N5O2S2. The zero-order valence-corrected chi connectivity index (χ0v) is 27.8. The molecule has 46 heavy (non-hydrogen) atoms. The molecule has 0 spiro atoms. The van der Waals surface area contributed by atoms with Crippen molar-refractivity contribution in [3.05, 3.63) is 136 Å². The molecule has 0 radical (unpaired) electrons. The van der Waals surface area contributed by atoms with Crippen molar-refractivity contribution < 1.29 is 4.79 Å². The first kappa shape index (κ1) is 29.9. The van der Waals surface area contributed by atoms with Crippen LogP contribution in [0.3, 0.4) is 0 Å². The Morgan fingerprint density at radius 3 is 2.50 bits per heavy atom. The van der Waals surface area contributed by atoms with E-state index < -0.39 is 6.04 Å². The quantitative estimate of drug-likeness (QED) is 0.240. The van der Waals surface area contributed by atoms with Crippen LogP contribution in [0, 0.1) is 32.1 Å². The van der Waals surface area contributed by atoms with Crippen LogP contribution in [0.15, 0.2) is 81.7 Å². The maximum absolute atomic E-state index is 14.3. The highest BCUT2D eigenvalue weighted by atomic mass is 32.1. The summed E-state index contributed by atoms with van der Waals surface area (Å²) in [7, 11) is 0. The van der Waals surface area contributed by atoms with E-state index in [-0.39, 0.29) is 11.5 Å². The number of anilines is 1. The number of fused-ring (bicyclic) bond motifs is 2. The second-order valence-corrected chi connectivity index (χ2v) is 14.1. The number of nitriles is 1. The van der Waals surface area contributed by atoms with Crippen molar-refractivity contribution in [3.63, 3.8) is 0 Å². The molecule has 9 heteroatoms. The summed E-state index contributed by atoms with van der Waals surface area (Å²) >= 11 is 3.05. The van der Waals surface area contributed by atoms with Crippen molar-refractivity contribution in [2.45, 2.75) is 59.4 Å². The Morgan fingerprint density at radius 1 is 1.02 bits per heavy atom. The molecule has 1 atom stereocenters. The van der Waals surface area contributed by atoms with Gasteiger partial charge in [0.15, 0.2) is 4.80 Å². The lowest BCUT2D eigenvalue weighted by atomic mass is 9.94. The Kier molecular flexibility index (Phi) is 7.71. The van der Waals surface area contributed by atoms with Gasteiger partial charge in [-0.2, -0.15) is 5.26 Å². The van der Waals surface area contributed by atoms with Crippen molar-refractivity contribution in [1.29, 1.82) is 5.26 Å². The molecule has 0 fully saturated rings. The lowest BCUT2D eigenvalue weighted by molar-refractivity contribution is -0.113. The summed E-state index contributed by atoms with van der Waals surface area (Å²) in [5.41, 5.74) is 8.33. The van der Waals surface area contributed by atoms with Crippen LogP contribution in [0.1, 0.15) is 69.9 Å². The normalized spacial score (nSPS) is 16.1. The third-order valence-corrected chi connectivity index (χ3v) is 11.2. The molecule has 1 amide bonds. The van der Waals surface area contributed by atoms with E-state index in [1.807, 2.05) is 88.4 Å². The lowest BCUT2D eigenvalue weighted by Crippen LogP contribution is -2.40. The third kappa shape index (κ3) is 5.08. The van der Waals surface area contributed by atoms with E-state index in [9.17, 15) is 14.9 Å². The SMILES string of the molecule is CC1=C(C(=O)Nc2ccccc2)[C@H](c2ccc(C)cc2)n2c(s/c(=C/c3cc(C)n(-c4sc5c(c4C#N)CCCC5)c3C)c2=O)=N1. The number of allylic oxidation sites excluding steroid dienone is 1. The van der Waals surface area contributed by atoms with E-state index >= 15 is 0 Å². The Bertz CT molecular complexity index is 2280. The number of nitrogens with one attached hydrogen (secondary N) is 1. The van der Waals surface area contributed by atoms with Gasteiger partial charge in [-0.25, -0.2) is 4.99 Å². The van der Waals surface area contributed by atoms with Crippen molar-refractivity contribution in [2.75, 3.05) is 5.32 Å². The summed E-state index contributed by atoms with van der Waals surface area (Å²) in [5.74, 6) is -0.289. The number of amides is 1. The summed E-state index contributed by atoms with van der Waals surface area (Å²) in [4.78, 5) is 34.8. The van der Waals surface area contributed by atoms with Crippen LogP contribution in [0.25, 0.3) is 11.1 Å². The first-order valence-electron chi connectivity index (χ1n) is 15.4. The molecule has 230 valence electrons. The fourth-order valence-electron chi connectivity index (χ4n) is 6.61. The van der Waals surface area contributed by atoms with Crippen LogP contribution < -0.4 is 20.2 Å². The molecule has 3 aromatic heterocycles. The van der Waals surface area contributed by atoms with Gasteiger partial charge in [0.1, 0.15) is 11.1 Å². The average Bonchev–Trinajstić information content (AvgIpc) is 3.66. The molecule has 2 aliphatic rings. The van der Waals surface area contributed by atoms with Gasteiger partial charge in [-0.05, 0) is 94.3 Å². The highest BCUT2D eigenvalue weighted by molar-refractivity contribution is 7.15. The predicted octanol–water partition coefficient (Wildman–Crippen LogP) is 6.40. The van der Waals surface area contributed by atoms with Gasteiger partial charge in [-0.1, -0.05) is 59.4 Å². The number of carbonyl (C=O) groups is 1. The summed E-state index contributed by atoms with van der Waals surface area (Å²) in [6.45, 7) is 7.94. The van der Waals surface area contributed by atoms with E-state index in [4.69, 9.17) is 4.99 Å². The highest BCUT2D eigenvalue weighted by Crippen LogP contribution is 2.38. The van der Waals surface area contributed by atoms with Crippen LogP contribution >= 0.6 is 22.7 Å². The van der Waals surface area contributed by atoms with E-state index in [0.717, 1.165) is 64.3 Å².